The van der Waals surface area contributed by atoms with Gasteiger partial charge in [0.25, 0.3) is 0 Å². The van der Waals surface area contributed by atoms with E-state index in [2.05, 4.69) is 48.3 Å². The fourth-order valence-electron chi connectivity index (χ4n) is 5.52. The molecular formula is C24H27NO2. The lowest BCUT2D eigenvalue weighted by Crippen LogP contribution is -2.47. The molecule has 2 aliphatic heterocycles. The smallest absolute Gasteiger partial charge is 0.318 e. The van der Waals surface area contributed by atoms with Crippen molar-refractivity contribution in [1.29, 1.82) is 0 Å². The average Bonchev–Trinajstić information content (AvgIpc) is 2.85. The summed E-state index contributed by atoms with van der Waals surface area (Å²) in [4.78, 5) is 15.9. The molecule has 0 N–H and O–H groups in total. The third-order valence-corrected chi connectivity index (χ3v) is 7.01. The largest absolute Gasteiger partial charge is 0.460 e. The van der Waals surface area contributed by atoms with E-state index in [-0.39, 0.29) is 18.0 Å². The quantitative estimate of drug-likeness (QED) is 0.755. The molecule has 0 radical (unpaired) electrons. The van der Waals surface area contributed by atoms with Crippen LogP contribution in [0.3, 0.4) is 0 Å². The van der Waals surface area contributed by atoms with Crippen LogP contribution in [-0.2, 0) is 22.4 Å². The van der Waals surface area contributed by atoms with Crippen molar-refractivity contribution in [2.75, 3.05) is 7.05 Å². The third kappa shape index (κ3) is 2.89. The summed E-state index contributed by atoms with van der Waals surface area (Å²) in [6.45, 7) is 0. The number of rotatable bonds is 2. The topological polar surface area (TPSA) is 29.5 Å². The van der Waals surface area contributed by atoms with Crippen LogP contribution in [0.4, 0.5) is 0 Å². The first-order chi connectivity index (χ1) is 13.2. The van der Waals surface area contributed by atoms with Crippen molar-refractivity contribution < 1.29 is 9.53 Å². The van der Waals surface area contributed by atoms with Gasteiger partial charge in [0.2, 0.25) is 0 Å². The molecule has 0 aromatic heterocycles. The Morgan fingerprint density at radius 3 is 2.15 bits per heavy atom. The van der Waals surface area contributed by atoms with Crippen LogP contribution in [0, 0.1) is 0 Å². The minimum Gasteiger partial charge on any atom is -0.460 e. The lowest BCUT2D eigenvalue weighted by atomic mass is 9.88. The summed E-state index contributed by atoms with van der Waals surface area (Å²) in [7, 11) is 2.19. The number of benzene rings is 2. The van der Waals surface area contributed by atoms with Crippen LogP contribution in [0.1, 0.15) is 53.9 Å². The predicted octanol–water partition coefficient (Wildman–Crippen LogP) is 4.09. The third-order valence-electron chi connectivity index (χ3n) is 7.01. The Labute approximate surface area is 161 Å². The van der Waals surface area contributed by atoms with Gasteiger partial charge in [-0.15, -0.1) is 0 Å². The van der Waals surface area contributed by atoms with Gasteiger partial charge in [-0.25, -0.2) is 0 Å². The van der Waals surface area contributed by atoms with Crippen molar-refractivity contribution >= 4 is 5.97 Å². The van der Waals surface area contributed by atoms with Crippen LogP contribution in [0.25, 0.3) is 0 Å². The number of likely N-dealkylation sites (N-methyl/N-ethyl adjacent to an activating group) is 1. The van der Waals surface area contributed by atoms with Crippen molar-refractivity contribution in [1.82, 2.24) is 4.90 Å². The molecule has 2 aromatic carbocycles. The van der Waals surface area contributed by atoms with Crippen molar-refractivity contribution in [3.8, 4) is 0 Å². The van der Waals surface area contributed by atoms with Crippen molar-refractivity contribution in [2.24, 2.45) is 0 Å². The standard InChI is InChI=1S/C24H27NO2/c1-25-18-12-14-21(25)22(15-13-18)27-24(26)23-19-8-4-2-6-16(19)10-11-17-7-3-5-9-20(17)23/h2-9,18,21-23H,10-15H2,1H3/t18-,21+,22+/m0/s1. The maximum atomic E-state index is 13.5. The number of aryl methyl sites for hydroxylation is 2. The fraction of sp³-hybridized carbons (Fsp3) is 0.458. The predicted molar refractivity (Wildman–Crippen MR) is 106 cm³/mol. The Morgan fingerprint density at radius 2 is 1.48 bits per heavy atom. The lowest BCUT2D eigenvalue weighted by molar-refractivity contribution is -0.155. The molecule has 2 fully saturated rings. The maximum Gasteiger partial charge on any atom is 0.318 e. The Bertz CT molecular complexity index is 813. The van der Waals surface area contributed by atoms with Crippen molar-refractivity contribution in [3.63, 3.8) is 0 Å². The molecule has 2 aromatic rings. The van der Waals surface area contributed by atoms with Gasteiger partial charge in [-0.1, -0.05) is 48.5 Å². The molecular weight excluding hydrogens is 334 g/mol. The van der Waals surface area contributed by atoms with Crippen LogP contribution >= 0.6 is 0 Å². The second-order valence-electron chi connectivity index (χ2n) is 8.35. The number of esters is 1. The number of hydrogen-bond acceptors (Lipinski definition) is 3. The molecule has 0 saturated carbocycles. The van der Waals surface area contributed by atoms with E-state index >= 15 is 0 Å². The SMILES string of the molecule is CN1[C@H]2CC[C@@H]1[C@H](OC(=O)C1c3ccccc3CCc3ccccc31)CC2. The number of carbonyl (C=O) groups excluding carboxylic acids is 1. The maximum absolute atomic E-state index is 13.5. The fourth-order valence-corrected chi connectivity index (χ4v) is 5.52. The highest BCUT2D eigenvalue weighted by atomic mass is 16.5. The molecule has 0 unspecified atom stereocenters. The minimum atomic E-state index is -0.302. The van der Waals surface area contributed by atoms with E-state index in [0.717, 1.165) is 43.2 Å². The first-order valence-electron chi connectivity index (χ1n) is 10.3. The second kappa shape index (κ2) is 6.79. The molecule has 140 valence electrons. The van der Waals surface area contributed by atoms with E-state index in [4.69, 9.17) is 4.74 Å². The van der Waals surface area contributed by atoms with Crippen molar-refractivity contribution in [3.05, 3.63) is 70.8 Å². The summed E-state index contributed by atoms with van der Waals surface area (Å²) >= 11 is 0. The zero-order chi connectivity index (χ0) is 18.4. The Kier molecular flexibility index (Phi) is 4.28. The molecule has 5 rings (SSSR count). The minimum absolute atomic E-state index is 0.0313. The van der Waals surface area contributed by atoms with Gasteiger partial charge < -0.3 is 4.74 Å². The average molecular weight is 361 g/mol. The first kappa shape index (κ1) is 17.0. The molecule has 0 spiro atoms. The highest BCUT2D eigenvalue weighted by molar-refractivity contribution is 5.84. The van der Waals surface area contributed by atoms with E-state index in [0.29, 0.717) is 12.1 Å². The summed E-state index contributed by atoms with van der Waals surface area (Å²) in [5.41, 5.74) is 4.80. The summed E-state index contributed by atoms with van der Waals surface area (Å²) in [6.07, 6.45) is 6.52. The Hall–Kier alpha value is -2.13. The molecule has 3 aliphatic rings. The molecule has 3 heteroatoms. The van der Waals surface area contributed by atoms with E-state index in [1.54, 1.807) is 0 Å². The van der Waals surface area contributed by atoms with Crippen LogP contribution in [0.2, 0.25) is 0 Å². The summed E-state index contributed by atoms with van der Waals surface area (Å²) in [5, 5.41) is 0. The molecule has 2 bridgehead atoms. The number of carbonyl (C=O) groups is 1. The number of fused-ring (bicyclic) bond motifs is 4. The first-order valence-corrected chi connectivity index (χ1v) is 10.3. The highest BCUT2D eigenvalue weighted by Gasteiger charge is 2.43. The van der Waals surface area contributed by atoms with Gasteiger partial charge in [-0.2, -0.15) is 0 Å². The van der Waals surface area contributed by atoms with E-state index < -0.39 is 0 Å². The number of hydrogen-bond donors (Lipinski definition) is 0. The van der Waals surface area contributed by atoms with Gasteiger partial charge in [-0.05, 0) is 67.8 Å². The molecule has 2 heterocycles. The molecule has 2 saturated heterocycles. The second-order valence-corrected chi connectivity index (χ2v) is 8.35. The van der Waals surface area contributed by atoms with Crippen LogP contribution in [0.5, 0.6) is 0 Å². The summed E-state index contributed by atoms with van der Waals surface area (Å²) in [5.74, 6) is -0.370. The molecule has 1 aliphatic carbocycles. The van der Waals surface area contributed by atoms with Crippen LogP contribution in [-0.4, -0.2) is 36.1 Å². The summed E-state index contributed by atoms with van der Waals surface area (Å²) in [6, 6.07) is 17.9. The molecule has 0 amide bonds. The molecule has 3 nitrogen and oxygen atoms in total. The molecule has 3 atom stereocenters. The zero-order valence-corrected chi connectivity index (χ0v) is 15.9. The van der Waals surface area contributed by atoms with Gasteiger partial charge in [0.1, 0.15) is 12.0 Å². The van der Waals surface area contributed by atoms with Crippen LogP contribution in [0.15, 0.2) is 48.5 Å². The van der Waals surface area contributed by atoms with E-state index in [9.17, 15) is 4.79 Å². The Balaban J connectivity index is 1.49. The number of piperidine rings is 1. The molecule has 27 heavy (non-hydrogen) atoms. The number of ether oxygens (including phenoxy) is 1. The van der Waals surface area contributed by atoms with Gasteiger partial charge in [0.15, 0.2) is 0 Å². The van der Waals surface area contributed by atoms with Gasteiger partial charge in [0.05, 0.1) is 0 Å². The number of nitrogens with zero attached hydrogens (tertiary/aromatic N) is 1. The van der Waals surface area contributed by atoms with Gasteiger partial charge in [-0.3, -0.25) is 9.69 Å². The normalized spacial score (nSPS) is 27.5. The highest BCUT2D eigenvalue weighted by Crippen LogP contribution is 2.39. The van der Waals surface area contributed by atoms with E-state index in [1.807, 2.05) is 12.1 Å². The summed E-state index contributed by atoms with van der Waals surface area (Å²) < 4.78 is 6.22. The van der Waals surface area contributed by atoms with Gasteiger partial charge >= 0.3 is 5.97 Å². The lowest BCUT2D eigenvalue weighted by Gasteiger charge is -2.37. The van der Waals surface area contributed by atoms with Crippen LogP contribution < -0.4 is 0 Å². The van der Waals surface area contributed by atoms with Crippen molar-refractivity contribution in [2.45, 2.75) is 62.6 Å². The Morgan fingerprint density at radius 1 is 0.889 bits per heavy atom. The van der Waals surface area contributed by atoms with Gasteiger partial charge in [0, 0.05) is 12.1 Å². The zero-order valence-electron chi connectivity index (χ0n) is 15.9. The monoisotopic (exact) mass is 361 g/mol. The van der Waals surface area contributed by atoms with E-state index in [1.165, 1.54) is 17.5 Å².